The second-order valence-electron chi connectivity index (χ2n) is 6.51. The third kappa shape index (κ3) is 9.53. The van der Waals surface area contributed by atoms with Crippen molar-refractivity contribution < 1.29 is 19.1 Å². The van der Waals surface area contributed by atoms with Gasteiger partial charge in [-0.25, -0.2) is 0 Å². The Morgan fingerprint density at radius 3 is 2.54 bits per heavy atom. The lowest BCUT2D eigenvalue weighted by Crippen LogP contribution is -2.46. The van der Waals surface area contributed by atoms with E-state index in [1.165, 1.54) is 7.11 Å². The molecule has 1 fully saturated rings. The molecule has 1 unspecified atom stereocenters. The van der Waals surface area contributed by atoms with Gasteiger partial charge in [0.1, 0.15) is 6.04 Å². The molecule has 0 bridgehead atoms. The van der Waals surface area contributed by atoms with Crippen molar-refractivity contribution in [2.45, 2.75) is 71.8 Å². The van der Waals surface area contributed by atoms with Gasteiger partial charge in [-0.2, -0.15) is 0 Å². The predicted octanol–water partition coefficient (Wildman–Crippen LogP) is 2.51. The molecule has 0 radical (unpaired) electrons. The monoisotopic (exact) mass is 342 g/mol. The van der Waals surface area contributed by atoms with Crippen LogP contribution in [0.4, 0.5) is 0 Å². The zero-order valence-corrected chi connectivity index (χ0v) is 15.7. The molecule has 0 aromatic rings. The van der Waals surface area contributed by atoms with E-state index in [1.54, 1.807) is 4.90 Å². The molecular formula is C18H34N2O4. The molecule has 1 rings (SSSR count). The number of unbranched alkanes of at least 4 members (excludes halogenated alkanes) is 1. The van der Waals surface area contributed by atoms with E-state index in [1.807, 2.05) is 0 Å². The number of carbonyl (C=O) groups is 3. The standard InChI is InChI=1S/C16H30N2O2.C2H4O2/c1-4-5-11-17-16(20)14-9-7-12-18(14)15(19)10-6-8-13(2)3;1-4-2-3/h13-14H,4-12H2,1-3H3,(H,17,20);2H,1H3. The topological polar surface area (TPSA) is 75.7 Å². The van der Waals surface area contributed by atoms with Gasteiger partial charge in [-0.3, -0.25) is 14.4 Å². The molecule has 1 saturated heterocycles. The number of nitrogens with one attached hydrogen (secondary N) is 1. The summed E-state index contributed by atoms with van der Waals surface area (Å²) in [7, 11) is 1.31. The van der Waals surface area contributed by atoms with Gasteiger partial charge in [-0.15, -0.1) is 0 Å². The highest BCUT2D eigenvalue weighted by Gasteiger charge is 2.33. The minimum atomic E-state index is -0.224. The Labute approximate surface area is 146 Å². The third-order valence-corrected chi connectivity index (χ3v) is 3.97. The van der Waals surface area contributed by atoms with E-state index < -0.39 is 0 Å². The van der Waals surface area contributed by atoms with E-state index in [4.69, 9.17) is 4.79 Å². The fraction of sp³-hybridized carbons (Fsp3) is 0.833. The van der Waals surface area contributed by atoms with Crippen molar-refractivity contribution in [2.24, 2.45) is 5.92 Å². The van der Waals surface area contributed by atoms with E-state index >= 15 is 0 Å². The highest BCUT2D eigenvalue weighted by atomic mass is 16.5. The molecule has 1 aliphatic heterocycles. The molecular weight excluding hydrogens is 308 g/mol. The van der Waals surface area contributed by atoms with E-state index in [9.17, 15) is 9.59 Å². The summed E-state index contributed by atoms with van der Waals surface area (Å²) in [5.41, 5.74) is 0. The first-order valence-electron chi connectivity index (χ1n) is 9.01. The van der Waals surface area contributed by atoms with Gasteiger partial charge in [0.15, 0.2) is 0 Å². The molecule has 140 valence electrons. The summed E-state index contributed by atoms with van der Waals surface area (Å²) >= 11 is 0. The highest BCUT2D eigenvalue weighted by Crippen LogP contribution is 2.19. The van der Waals surface area contributed by atoms with Crippen molar-refractivity contribution >= 4 is 18.3 Å². The summed E-state index contributed by atoms with van der Waals surface area (Å²) in [6.45, 7) is 8.29. The molecule has 0 spiro atoms. The van der Waals surface area contributed by atoms with Gasteiger partial charge >= 0.3 is 0 Å². The lowest BCUT2D eigenvalue weighted by Gasteiger charge is -2.24. The van der Waals surface area contributed by atoms with E-state index in [-0.39, 0.29) is 17.9 Å². The third-order valence-electron chi connectivity index (χ3n) is 3.97. The average Bonchev–Trinajstić information content (AvgIpc) is 3.04. The molecule has 24 heavy (non-hydrogen) atoms. The number of amides is 2. The van der Waals surface area contributed by atoms with Crippen LogP contribution >= 0.6 is 0 Å². The SMILES string of the molecule is CCCCNC(=O)C1CCCN1C(=O)CCCC(C)C.COC=O. The lowest BCUT2D eigenvalue weighted by atomic mass is 10.1. The first kappa shape index (κ1) is 22.4. The molecule has 1 atom stereocenters. The molecule has 6 nitrogen and oxygen atoms in total. The highest BCUT2D eigenvalue weighted by molar-refractivity contribution is 5.88. The number of hydrogen-bond donors (Lipinski definition) is 1. The molecule has 0 aromatic heterocycles. The predicted molar refractivity (Wildman–Crippen MR) is 94.4 cm³/mol. The van der Waals surface area contributed by atoms with Crippen LogP contribution in [-0.2, 0) is 19.1 Å². The normalized spacial score (nSPS) is 16.4. The summed E-state index contributed by atoms with van der Waals surface area (Å²) in [5.74, 6) is 0.821. The first-order valence-corrected chi connectivity index (χ1v) is 9.01. The molecule has 0 aliphatic carbocycles. The Morgan fingerprint density at radius 2 is 2.00 bits per heavy atom. The Morgan fingerprint density at radius 1 is 1.33 bits per heavy atom. The maximum absolute atomic E-state index is 12.2. The van der Waals surface area contributed by atoms with Gasteiger partial charge in [0.2, 0.25) is 11.8 Å². The van der Waals surface area contributed by atoms with Crippen LogP contribution in [0.2, 0.25) is 0 Å². The summed E-state index contributed by atoms with van der Waals surface area (Å²) in [6.07, 6.45) is 6.42. The Kier molecular flexibility index (Phi) is 12.9. The molecule has 0 aromatic carbocycles. The lowest BCUT2D eigenvalue weighted by molar-refractivity contribution is -0.138. The Hall–Kier alpha value is -1.59. The van der Waals surface area contributed by atoms with Crippen molar-refractivity contribution in [2.75, 3.05) is 20.2 Å². The van der Waals surface area contributed by atoms with E-state index in [2.05, 4.69) is 30.8 Å². The van der Waals surface area contributed by atoms with Crippen LogP contribution in [-0.4, -0.2) is 49.4 Å². The number of ether oxygens (including phenoxy) is 1. The number of nitrogens with zero attached hydrogens (tertiary/aromatic N) is 1. The Balaban J connectivity index is 0.00000118. The molecule has 6 heteroatoms. The van der Waals surface area contributed by atoms with Crippen molar-refractivity contribution in [3.63, 3.8) is 0 Å². The van der Waals surface area contributed by atoms with Crippen molar-refractivity contribution in [3.05, 3.63) is 0 Å². The second kappa shape index (κ2) is 13.8. The number of rotatable bonds is 9. The van der Waals surface area contributed by atoms with Crippen molar-refractivity contribution in [1.82, 2.24) is 10.2 Å². The van der Waals surface area contributed by atoms with Gasteiger partial charge in [0.05, 0.1) is 7.11 Å². The zero-order chi connectivity index (χ0) is 18.4. The van der Waals surface area contributed by atoms with Crippen molar-refractivity contribution in [1.29, 1.82) is 0 Å². The minimum Gasteiger partial charge on any atom is -0.471 e. The zero-order valence-electron chi connectivity index (χ0n) is 15.7. The second-order valence-corrected chi connectivity index (χ2v) is 6.51. The summed E-state index contributed by atoms with van der Waals surface area (Å²) < 4.78 is 3.86. The summed E-state index contributed by atoms with van der Waals surface area (Å²) in [5, 5.41) is 2.95. The fourth-order valence-corrected chi connectivity index (χ4v) is 2.65. The van der Waals surface area contributed by atoms with Crippen LogP contribution in [0.3, 0.4) is 0 Å². The van der Waals surface area contributed by atoms with Crippen LogP contribution in [0.25, 0.3) is 0 Å². The maximum Gasteiger partial charge on any atom is 0.292 e. The van der Waals surface area contributed by atoms with Crippen LogP contribution in [0.1, 0.15) is 65.7 Å². The molecule has 1 N–H and O–H groups in total. The smallest absolute Gasteiger partial charge is 0.292 e. The van der Waals surface area contributed by atoms with Crippen LogP contribution in [0.15, 0.2) is 0 Å². The molecule has 2 amide bonds. The number of likely N-dealkylation sites (tertiary alicyclic amines) is 1. The Bertz CT molecular complexity index is 372. The quantitative estimate of drug-likeness (QED) is 0.516. The number of carbonyl (C=O) groups excluding carboxylic acids is 3. The fourth-order valence-electron chi connectivity index (χ4n) is 2.65. The average molecular weight is 342 g/mol. The number of hydrogen-bond acceptors (Lipinski definition) is 4. The van der Waals surface area contributed by atoms with Crippen molar-refractivity contribution in [3.8, 4) is 0 Å². The number of methoxy groups -OCH3 is 1. The van der Waals surface area contributed by atoms with Gasteiger partial charge in [0.25, 0.3) is 6.47 Å². The van der Waals surface area contributed by atoms with Crippen LogP contribution in [0.5, 0.6) is 0 Å². The van der Waals surface area contributed by atoms with Gasteiger partial charge in [-0.05, 0) is 31.6 Å². The van der Waals surface area contributed by atoms with E-state index in [0.29, 0.717) is 18.8 Å². The molecule has 1 aliphatic rings. The van der Waals surface area contributed by atoms with Gasteiger partial charge in [0, 0.05) is 19.5 Å². The molecule has 1 heterocycles. The summed E-state index contributed by atoms with van der Waals surface area (Å²) in [6, 6.07) is -0.224. The van der Waals surface area contributed by atoms with E-state index in [0.717, 1.165) is 51.6 Å². The minimum absolute atomic E-state index is 0.0353. The van der Waals surface area contributed by atoms with Crippen LogP contribution < -0.4 is 5.32 Å². The van der Waals surface area contributed by atoms with Crippen LogP contribution in [0, 0.1) is 5.92 Å². The largest absolute Gasteiger partial charge is 0.471 e. The molecule has 0 saturated carbocycles. The summed E-state index contributed by atoms with van der Waals surface area (Å²) in [4.78, 5) is 35.1. The van der Waals surface area contributed by atoms with Gasteiger partial charge < -0.3 is 15.0 Å². The maximum atomic E-state index is 12.2. The van der Waals surface area contributed by atoms with Gasteiger partial charge in [-0.1, -0.05) is 33.6 Å². The first-order chi connectivity index (χ1) is 11.5.